The molecule has 3 aromatic rings. The van der Waals surface area contributed by atoms with Gasteiger partial charge in [0.05, 0.1) is 11.6 Å². The summed E-state index contributed by atoms with van der Waals surface area (Å²) >= 11 is 2.09. The molecule has 2 N–H and O–H groups in total. The minimum absolute atomic E-state index is 0.0839. The average Bonchev–Trinajstić information content (AvgIpc) is 2.98. The number of phenolic OH excluding ortho intramolecular Hbond substituents is 1. The van der Waals surface area contributed by atoms with Gasteiger partial charge in [0.2, 0.25) is 0 Å². The predicted octanol–water partition coefficient (Wildman–Crippen LogP) is 4.06. The van der Waals surface area contributed by atoms with Crippen LogP contribution in [-0.4, -0.2) is 16.8 Å². The lowest BCUT2D eigenvalue weighted by Gasteiger charge is -2.18. The maximum absolute atomic E-state index is 13.1. The van der Waals surface area contributed by atoms with Crippen LogP contribution in [0.15, 0.2) is 66.7 Å². The molecule has 0 saturated heterocycles. The Hall–Kier alpha value is -2.67. The molecule has 0 bridgehead atoms. The largest absolute Gasteiger partial charge is 0.507 e. The number of ketones is 1. The van der Waals surface area contributed by atoms with Crippen LogP contribution in [0.2, 0.25) is 0 Å². The standard InChI is InChI=1S/C21H14INO3/c22-13-10-16(19-14-8-4-5-9-15(14)21(26)23-19)18(17(24)11-13)20(25)12-6-2-1-3-7-12/h1-11,19,24H,(H,23,26). The molecule has 1 aliphatic rings. The summed E-state index contributed by atoms with van der Waals surface area (Å²) < 4.78 is 0.790. The quantitative estimate of drug-likeness (QED) is 0.463. The first kappa shape index (κ1) is 16.8. The van der Waals surface area contributed by atoms with Crippen LogP contribution in [0.5, 0.6) is 5.75 Å². The van der Waals surface area contributed by atoms with Gasteiger partial charge >= 0.3 is 0 Å². The van der Waals surface area contributed by atoms with Gasteiger partial charge in [-0.1, -0.05) is 48.5 Å². The van der Waals surface area contributed by atoms with E-state index in [2.05, 4.69) is 27.9 Å². The zero-order valence-electron chi connectivity index (χ0n) is 13.6. The molecule has 1 amide bonds. The van der Waals surface area contributed by atoms with Crippen molar-refractivity contribution in [3.8, 4) is 5.75 Å². The molecular formula is C21H14INO3. The molecule has 128 valence electrons. The molecule has 1 atom stereocenters. The Kier molecular flexibility index (Phi) is 4.24. The lowest BCUT2D eigenvalue weighted by atomic mass is 9.90. The van der Waals surface area contributed by atoms with Crippen molar-refractivity contribution in [2.24, 2.45) is 0 Å². The van der Waals surface area contributed by atoms with Gasteiger partial charge in [-0.25, -0.2) is 0 Å². The van der Waals surface area contributed by atoms with Gasteiger partial charge < -0.3 is 10.4 Å². The Morgan fingerprint density at radius 2 is 1.65 bits per heavy atom. The van der Waals surface area contributed by atoms with Crippen molar-refractivity contribution in [3.05, 3.63) is 98.1 Å². The van der Waals surface area contributed by atoms with E-state index in [1.54, 1.807) is 36.4 Å². The minimum atomic E-state index is -0.470. The highest BCUT2D eigenvalue weighted by atomic mass is 127. The maximum atomic E-state index is 13.1. The summed E-state index contributed by atoms with van der Waals surface area (Å²) in [6, 6.07) is 19.0. The molecule has 0 spiro atoms. The molecule has 0 fully saturated rings. The number of nitrogens with one attached hydrogen (secondary N) is 1. The number of hydrogen-bond acceptors (Lipinski definition) is 3. The third-order valence-corrected chi connectivity index (χ3v) is 5.10. The van der Waals surface area contributed by atoms with E-state index in [1.165, 1.54) is 0 Å². The van der Waals surface area contributed by atoms with Gasteiger partial charge in [0, 0.05) is 14.7 Å². The molecule has 0 saturated carbocycles. The first-order valence-electron chi connectivity index (χ1n) is 8.08. The molecule has 1 unspecified atom stereocenters. The summed E-state index contributed by atoms with van der Waals surface area (Å²) in [5.41, 5.74) is 2.71. The van der Waals surface area contributed by atoms with E-state index in [-0.39, 0.29) is 23.0 Å². The van der Waals surface area contributed by atoms with Gasteiger partial charge in [-0.2, -0.15) is 0 Å². The van der Waals surface area contributed by atoms with Gasteiger partial charge in [0.15, 0.2) is 5.78 Å². The number of aromatic hydroxyl groups is 1. The summed E-state index contributed by atoms with van der Waals surface area (Å²) in [7, 11) is 0. The Morgan fingerprint density at radius 1 is 0.962 bits per heavy atom. The molecule has 0 aliphatic carbocycles. The van der Waals surface area contributed by atoms with Gasteiger partial charge in [-0.05, 0) is 51.9 Å². The fraction of sp³-hybridized carbons (Fsp3) is 0.0476. The molecule has 3 aromatic carbocycles. The van der Waals surface area contributed by atoms with Crippen LogP contribution in [0, 0.1) is 3.57 Å². The fourth-order valence-electron chi connectivity index (χ4n) is 3.31. The van der Waals surface area contributed by atoms with E-state index in [0.29, 0.717) is 16.7 Å². The van der Waals surface area contributed by atoms with Crippen LogP contribution in [-0.2, 0) is 0 Å². The Balaban J connectivity index is 1.91. The highest BCUT2D eigenvalue weighted by molar-refractivity contribution is 14.1. The van der Waals surface area contributed by atoms with Gasteiger partial charge in [0.25, 0.3) is 5.91 Å². The number of hydrogen-bond donors (Lipinski definition) is 2. The molecule has 1 aliphatic heterocycles. The summed E-state index contributed by atoms with van der Waals surface area (Å²) in [5, 5.41) is 13.5. The molecular weight excluding hydrogens is 441 g/mol. The average molecular weight is 455 g/mol. The van der Waals surface area contributed by atoms with Gasteiger partial charge in [-0.15, -0.1) is 0 Å². The second-order valence-electron chi connectivity index (χ2n) is 6.08. The molecule has 5 heteroatoms. The van der Waals surface area contributed by atoms with E-state index >= 15 is 0 Å². The fourth-order valence-corrected chi connectivity index (χ4v) is 3.94. The second kappa shape index (κ2) is 6.57. The number of halogens is 1. The molecule has 26 heavy (non-hydrogen) atoms. The minimum Gasteiger partial charge on any atom is -0.507 e. The number of phenols is 1. The van der Waals surface area contributed by atoms with Crippen LogP contribution >= 0.6 is 22.6 Å². The van der Waals surface area contributed by atoms with E-state index in [9.17, 15) is 14.7 Å². The number of amides is 1. The number of benzene rings is 3. The van der Waals surface area contributed by atoms with Crippen LogP contribution in [0.4, 0.5) is 0 Å². The van der Waals surface area contributed by atoms with Crippen LogP contribution < -0.4 is 5.32 Å². The van der Waals surface area contributed by atoms with Gasteiger partial charge in [-0.3, -0.25) is 9.59 Å². The molecule has 4 nitrogen and oxygen atoms in total. The van der Waals surface area contributed by atoms with Crippen LogP contribution in [0.1, 0.15) is 43.4 Å². The van der Waals surface area contributed by atoms with Crippen molar-refractivity contribution in [1.29, 1.82) is 0 Å². The molecule has 0 radical (unpaired) electrons. The highest BCUT2D eigenvalue weighted by Crippen LogP contribution is 2.37. The van der Waals surface area contributed by atoms with Gasteiger partial charge in [0.1, 0.15) is 5.75 Å². The van der Waals surface area contributed by atoms with Crippen molar-refractivity contribution in [1.82, 2.24) is 5.32 Å². The monoisotopic (exact) mass is 455 g/mol. The summed E-state index contributed by atoms with van der Waals surface area (Å²) in [6.07, 6.45) is 0. The maximum Gasteiger partial charge on any atom is 0.252 e. The number of rotatable bonds is 3. The Labute approximate surface area is 164 Å². The van der Waals surface area contributed by atoms with E-state index < -0.39 is 6.04 Å². The van der Waals surface area contributed by atoms with Crippen molar-refractivity contribution in [2.75, 3.05) is 0 Å². The van der Waals surface area contributed by atoms with E-state index in [4.69, 9.17) is 0 Å². The SMILES string of the molecule is O=C1NC(c2cc(I)cc(O)c2C(=O)c2ccccc2)c2ccccc21. The molecule has 4 rings (SSSR count). The zero-order valence-corrected chi connectivity index (χ0v) is 15.7. The van der Waals surface area contributed by atoms with Crippen molar-refractivity contribution < 1.29 is 14.7 Å². The third-order valence-electron chi connectivity index (χ3n) is 4.48. The Morgan fingerprint density at radius 3 is 2.42 bits per heavy atom. The first-order chi connectivity index (χ1) is 12.6. The van der Waals surface area contributed by atoms with Crippen molar-refractivity contribution in [2.45, 2.75) is 6.04 Å². The number of carbonyl (C=O) groups is 2. The normalized spacial score (nSPS) is 15.4. The summed E-state index contributed by atoms with van der Waals surface area (Å²) in [6.45, 7) is 0. The van der Waals surface area contributed by atoms with Crippen LogP contribution in [0.25, 0.3) is 0 Å². The molecule has 1 heterocycles. The lowest BCUT2D eigenvalue weighted by Crippen LogP contribution is -2.22. The third kappa shape index (κ3) is 2.78. The summed E-state index contributed by atoms with van der Waals surface area (Å²) in [4.78, 5) is 25.4. The number of fused-ring (bicyclic) bond motifs is 1. The van der Waals surface area contributed by atoms with Crippen LogP contribution in [0.3, 0.4) is 0 Å². The Bertz CT molecular complexity index is 1030. The van der Waals surface area contributed by atoms with Crippen molar-refractivity contribution >= 4 is 34.3 Å². The smallest absolute Gasteiger partial charge is 0.252 e. The van der Waals surface area contributed by atoms with E-state index in [1.807, 2.05) is 30.3 Å². The topological polar surface area (TPSA) is 66.4 Å². The van der Waals surface area contributed by atoms with Crippen molar-refractivity contribution in [3.63, 3.8) is 0 Å². The predicted molar refractivity (Wildman–Crippen MR) is 106 cm³/mol. The zero-order chi connectivity index (χ0) is 18.3. The molecule has 0 aromatic heterocycles. The summed E-state index contributed by atoms with van der Waals surface area (Å²) in [5.74, 6) is -0.533. The lowest BCUT2D eigenvalue weighted by molar-refractivity contribution is 0.0957. The second-order valence-corrected chi connectivity index (χ2v) is 7.32. The number of carbonyl (C=O) groups excluding carboxylic acids is 2. The highest BCUT2D eigenvalue weighted by Gasteiger charge is 2.33. The van der Waals surface area contributed by atoms with E-state index in [0.717, 1.165) is 9.13 Å². The first-order valence-corrected chi connectivity index (χ1v) is 9.16.